The van der Waals surface area contributed by atoms with Crippen LogP contribution < -0.4 is 4.18 Å². The normalized spacial score (nSPS) is 11.5. The Morgan fingerprint density at radius 2 is 0.649 bits per heavy atom. The number of phenols is 1. The van der Waals surface area contributed by atoms with E-state index in [1.165, 1.54) is 18.2 Å². The van der Waals surface area contributed by atoms with E-state index in [1.807, 2.05) is 182 Å². The van der Waals surface area contributed by atoms with Crippen molar-refractivity contribution in [2.24, 2.45) is 0 Å². The first-order valence-electron chi connectivity index (χ1n) is 24.1. The van der Waals surface area contributed by atoms with Crippen molar-refractivity contribution in [2.45, 2.75) is 5.51 Å². The Balaban J connectivity index is 0.000000166. The molecule has 12 rings (SSSR count). The van der Waals surface area contributed by atoms with Crippen molar-refractivity contribution in [3.05, 3.63) is 243 Å². The van der Waals surface area contributed by atoms with Gasteiger partial charge >= 0.3 is 15.6 Å². The summed E-state index contributed by atoms with van der Waals surface area (Å²) in [5.74, 6) is 3.35. The molecule has 10 nitrogen and oxygen atoms in total. The zero-order valence-corrected chi connectivity index (χ0v) is 41.3. The zero-order chi connectivity index (χ0) is 52.9. The van der Waals surface area contributed by atoms with E-state index >= 15 is 0 Å². The molecule has 2 aromatic heterocycles. The van der Waals surface area contributed by atoms with Gasteiger partial charge in [0.15, 0.2) is 34.9 Å². The second kappa shape index (κ2) is 21.1. The number of hydrogen-bond acceptors (Lipinski definition) is 10. The van der Waals surface area contributed by atoms with Crippen LogP contribution in [0.25, 0.3) is 112 Å². The van der Waals surface area contributed by atoms with Crippen molar-refractivity contribution in [3.8, 4) is 102 Å². The van der Waals surface area contributed by atoms with Crippen LogP contribution in [0.5, 0.6) is 11.5 Å². The lowest BCUT2D eigenvalue weighted by molar-refractivity contribution is -0.0500. The van der Waals surface area contributed by atoms with Crippen molar-refractivity contribution in [3.63, 3.8) is 0 Å². The van der Waals surface area contributed by atoms with E-state index in [0.717, 1.165) is 66.4 Å². The molecule has 0 radical (unpaired) electrons. The van der Waals surface area contributed by atoms with Gasteiger partial charge in [-0.1, -0.05) is 218 Å². The van der Waals surface area contributed by atoms with E-state index in [9.17, 15) is 26.7 Å². The van der Waals surface area contributed by atoms with Gasteiger partial charge in [0.05, 0.1) is 0 Å². The lowest BCUT2D eigenvalue weighted by atomic mass is 9.97. The third-order valence-electron chi connectivity index (χ3n) is 12.5. The van der Waals surface area contributed by atoms with Gasteiger partial charge in [0, 0.05) is 33.4 Å². The molecule has 14 heteroatoms. The van der Waals surface area contributed by atoms with E-state index in [-0.39, 0.29) is 5.75 Å². The quantitative estimate of drug-likeness (QED) is 0.104. The summed E-state index contributed by atoms with van der Waals surface area (Å²) in [5.41, 5.74) is 3.62. The van der Waals surface area contributed by atoms with Gasteiger partial charge in [0.1, 0.15) is 11.5 Å². The number of aromatic hydroxyl groups is 1. The van der Waals surface area contributed by atoms with Gasteiger partial charge in [-0.15, -0.1) is 0 Å². The number of phenolic OH excluding ortho intramolecular Hbond substituents is 1. The summed E-state index contributed by atoms with van der Waals surface area (Å²) >= 11 is 0. The standard InChI is InChI=1S/C32H20F3N3O3S.C31H21N3O/c33-32(34,35)42(39,40)41-26-18-19-28-25(20-26)12-7-13-27(28)21-14-16-24(17-15-21)31-37-29(22-8-3-1-4-9-22)36-30(38-31)23-10-5-2-6-11-23;35-26-18-19-28-25(20-26)12-7-13-27(28)21-14-16-24(17-15-21)31-33-29(22-8-3-1-4-9-22)32-30(34-31)23-10-5-2-6-11-23/h1-20H;1-20,35H. The first kappa shape index (κ1) is 49.3. The number of hydrogen-bond donors (Lipinski definition) is 1. The highest BCUT2D eigenvalue weighted by Gasteiger charge is 2.48. The maximum absolute atomic E-state index is 12.8. The number of rotatable bonds is 10. The van der Waals surface area contributed by atoms with E-state index in [1.54, 1.807) is 24.3 Å². The smallest absolute Gasteiger partial charge is 0.508 e. The molecular formula is C63H41F3N6O4S. The Labute approximate surface area is 440 Å². The third-order valence-corrected chi connectivity index (χ3v) is 13.5. The van der Waals surface area contributed by atoms with Crippen molar-refractivity contribution in [1.82, 2.24) is 29.9 Å². The SMILES string of the molecule is O=S(=O)(Oc1ccc2c(-c3ccc(-c4nc(-c5ccccc5)nc(-c5ccccc5)n4)cc3)cccc2c1)C(F)(F)F.Oc1ccc2c(-c3ccc(-c4nc(-c5ccccc5)nc(-c5ccccc5)n4)cc3)cccc2c1. The molecule has 0 spiro atoms. The molecule has 0 aliphatic rings. The van der Waals surface area contributed by atoms with Crippen LogP contribution in [-0.2, 0) is 10.1 Å². The van der Waals surface area contributed by atoms with E-state index in [0.29, 0.717) is 45.7 Å². The van der Waals surface area contributed by atoms with Gasteiger partial charge in [0.25, 0.3) is 0 Å². The molecule has 0 bridgehead atoms. The first-order chi connectivity index (χ1) is 37.4. The highest BCUT2D eigenvalue weighted by Crippen LogP contribution is 2.36. The lowest BCUT2D eigenvalue weighted by Crippen LogP contribution is -2.28. The second-order valence-electron chi connectivity index (χ2n) is 17.6. The van der Waals surface area contributed by atoms with Crippen molar-refractivity contribution in [2.75, 3.05) is 0 Å². The summed E-state index contributed by atoms with van der Waals surface area (Å²) in [6.45, 7) is 0. The van der Waals surface area contributed by atoms with Crippen molar-refractivity contribution >= 4 is 31.7 Å². The maximum atomic E-state index is 12.8. The van der Waals surface area contributed by atoms with Crippen LogP contribution in [0.15, 0.2) is 243 Å². The monoisotopic (exact) mass is 1030 g/mol. The summed E-state index contributed by atoms with van der Waals surface area (Å²) in [5, 5.41) is 13.2. The van der Waals surface area contributed by atoms with E-state index < -0.39 is 21.4 Å². The molecule has 0 saturated heterocycles. The summed E-state index contributed by atoms with van der Waals surface area (Å²) in [6, 6.07) is 75.9. The molecule has 1 N–H and O–H groups in total. The summed E-state index contributed by atoms with van der Waals surface area (Å²) in [4.78, 5) is 28.6. The van der Waals surface area contributed by atoms with E-state index in [4.69, 9.17) is 29.9 Å². The maximum Gasteiger partial charge on any atom is 0.534 e. The van der Waals surface area contributed by atoms with Crippen LogP contribution in [0, 0.1) is 0 Å². The van der Waals surface area contributed by atoms with Crippen LogP contribution in [0.2, 0.25) is 0 Å². The molecule has 0 saturated carbocycles. The molecule has 2 heterocycles. The van der Waals surface area contributed by atoms with Gasteiger partial charge in [-0.05, 0) is 68.1 Å². The van der Waals surface area contributed by atoms with Crippen LogP contribution in [0.3, 0.4) is 0 Å². The largest absolute Gasteiger partial charge is 0.534 e. The van der Waals surface area contributed by atoms with Crippen LogP contribution in [0.1, 0.15) is 0 Å². The van der Waals surface area contributed by atoms with E-state index in [2.05, 4.69) is 22.4 Å². The van der Waals surface area contributed by atoms with Crippen LogP contribution in [-0.4, -0.2) is 48.9 Å². The summed E-state index contributed by atoms with van der Waals surface area (Å²) in [7, 11) is -5.77. The van der Waals surface area contributed by atoms with Crippen LogP contribution >= 0.6 is 0 Å². The van der Waals surface area contributed by atoms with Gasteiger partial charge in [-0.3, -0.25) is 0 Å². The third kappa shape index (κ3) is 10.9. The number of aromatic nitrogens is 6. The highest BCUT2D eigenvalue weighted by atomic mass is 32.2. The zero-order valence-electron chi connectivity index (χ0n) is 40.5. The molecule has 374 valence electrons. The minimum atomic E-state index is -5.77. The average Bonchev–Trinajstić information content (AvgIpc) is 3.50. The number of fused-ring (bicyclic) bond motifs is 2. The molecule has 0 fully saturated rings. The fourth-order valence-corrected chi connectivity index (χ4v) is 9.19. The fourth-order valence-electron chi connectivity index (χ4n) is 8.74. The first-order valence-corrected chi connectivity index (χ1v) is 25.5. The molecule has 0 aliphatic carbocycles. The molecule has 0 unspecified atom stereocenters. The van der Waals surface area contributed by atoms with Gasteiger partial charge < -0.3 is 9.29 Å². The number of benzene rings is 10. The Morgan fingerprint density at radius 1 is 0.338 bits per heavy atom. The van der Waals surface area contributed by atoms with Gasteiger partial charge in [0.2, 0.25) is 0 Å². The fraction of sp³-hybridized carbons (Fsp3) is 0.0159. The molecule has 0 aliphatic heterocycles. The minimum Gasteiger partial charge on any atom is -0.508 e. The second-order valence-corrected chi connectivity index (χ2v) is 19.2. The lowest BCUT2D eigenvalue weighted by Gasteiger charge is -2.12. The van der Waals surface area contributed by atoms with Gasteiger partial charge in [-0.2, -0.15) is 21.6 Å². The molecule has 12 aromatic rings. The molecule has 0 amide bonds. The Bertz CT molecular complexity index is 4060. The summed E-state index contributed by atoms with van der Waals surface area (Å²) in [6.07, 6.45) is 0. The number of nitrogens with zero attached hydrogens (tertiary/aromatic N) is 6. The van der Waals surface area contributed by atoms with Crippen molar-refractivity contribution in [1.29, 1.82) is 0 Å². The molecule has 0 atom stereocenters. The molecular weight excluding hydrogens is 994 g/mol. The van der Waals surface area contributed by atoms with Crippen molar-refractivity contribution < 1.29 is 30.9 Å². The Kier molecular flexibility index (Phi) is 13.5. The predicted molar refractivity (Wildman–Crippen MR) is 295 cm³/mol. The van der Waals surface area contributed by atoms with Gasteiger partial charge in [-0.25, -0.2) is 29.9 Å². The van der Waals surface area contributed by atoms with Crippen LogP contribution in [0.4, 0.5) is 13.2 Å². The summed E-state index contributed by atoms with van der Waals surface area (Å²) < 4.78 is 65.5. The molecule has 77 heavy (non-hydrogen) atoms. The minimum absolute atomic E-state index is 0.267. The predicted octanol–water partition coefficient (Wildman–Crippen LogP) is 15.3. The Morgan fingerprint density at radius 3 is 1.00 bits per heavy atom. The number of alkyl halides is 3. The highest BCUT2D eigenvalue weighted by molar-refractivity contribution is 7.88. The Hall–Kier alpha value is -9.92. The topological polar surface area (TPSA) is 141 Å². The average molecular weight is 1040 g/mol. The molecule has 10 aromatic carbocycles. The number of halogens is 3.